The minimum absolute atomic E-state index is 0.270. The Morgan fingerprint density at radius 3 is 2.50 bits per heavy atom. The van der Waals surface area contributed by atoms with E-state index in [4.69, 9.17) is 16.0 Å². The number of nitrogens with two attached hydrogens (primary N) is 1. The summed E-state index contributed by atoms with van der Waals surface area (Å²) in [6, 6.07) is 4.07. The van der Waals surface area contributed by atoms with Crippen LogP contribution in [0, 0.1) is 6.92 Å². The van der Waals surface area contributed by atoms with Crippen molar-refractivity contribution >= 4 is 11.8 Å². The highest BCUT2D eigenvalue weighted by Crippen LogP contribution is 2.27. The molecule has 0 spiro atoms. The van der Waals surface area contributed by atoms with Crippen LogP contribution in [0.15, 0.2) is 17.2 Å². The number of carbonyl (C=O) groups is 1. The Balaban J connectivity index is 2.13. The average molecular weight is 360 g/mol. The van der Waals surface area contributed by atoms with Crippen LogP contribution < -0.4 is 10.6 Å². The molecule has 1 amide bonds. The van der Waals surface area contributed by atoms with Gasteiger partial charge in [0.2, 0.25) is 0 Å². The zero-order chi connectivity index (χ0) is 19.3. The van der Waals surface area contributed by atoms with E-state index in [1.807, 2.05) is 33.8 Å². The van der Waals surface area contributed by atoms with Crippen LogP contribution in [0.4, 0.5) is 10.5 Å². The second-order valence-corrected chi connectivity index (χ2v) is 7.45. The van der Waals surface area contributed by atoms with E-state index in [-0.39, 0.29) is 6.09 Å². The summed E-state index contributed by atoms with van der Waals surface area (Å²) in [7, 11) is 0. The maximum absolute atomic E-state index is 12.2. The molecule has 142 valence electrons. The number of benzene rings is 1. The molecular formula is C18H28N6O2. The second-order valence-electron chi connectivity index (χ2n) is 7.45. The summed E-state index contributed by atoms with van der Waals surface area (Å²) in [6.45, 7) is 11.0. The number of hydrogen-bond acceptors (Lipinski definition) is 5. The maximum Gasteiger partial charge on any atom is 0.410 e. The van der Waals surface area contributed by atoms with Crippen molar-refractivity contribution in [2.75, 3.05) is 31.1 Å². The van der Waals surface area contributed by atoms with E-state index in [2.05, 4.69) is 21.0 Å². The molecule has 1 saturated heterocycles. The number of amides is 1. The standard InChI is InChI=1S/C18H28N6O2/c1-13-15(12-21-22-20)9-14(11-19)10-16(13)23-5-7-24(8-6-23)17(25)26-18(2,3)4/h9-10H,5-8,11-12,19H2,1-4H3. The number of anilines is 1. The first kappa shape index (κ1) is 19.9. The van der Waals surface area contributed by atoms with Crippen LogP contribution in [0.1, 0.15) is 37.5 Å². The van der Waals surface area contributed by atoms with Gasteiger partial charge in [-0.15, -0.1) is 0 Å². The molecule has 0 bridgehead atoms. The summed E-state index contributed by atoms with van der Waals surface area (Å²) in [5, 5.41) is 3.69. The first-order chi connectivity index (χ1) is 12.2. The Bertz CT molecular complexity index is 698. The monoisotopic (exact) mass is 360 g/mol. The highest BCUT2D eigenvalue weighted by Gasteiger charge is 2.26. The lowest BCUT2D eigenvalue weighted by molar-refractivity contribution is 0.0240. The Kier molecular flexibility index (Phi) is 6.34. The minimum atomic E-state index is -0.490. The van der Waals surface area contributed by atoms with Gasteiger partial charge in [0.25, 0.3) is 0 Å². The van der Waals surface area contributed by atoms with Crippen LogP contribution >= 0.6 is 0 Å². The van der Waals surface area contributed by atoms with Gasteiger partial charge in [-0.25, -0.2) is 4.79 Å². The van der Waals surface area contributed by atoms with Gasteiger partial charge < -0.3 is 20.3 Å². The Morgan fingerprint density at radius 2 is 1.96 bits per heavy atom. The maximum atomic E-state index is 12.2. The number of piperazine rings is 1. The summed E-state index contributed by atoms with van der Waals surface area (Å²) in [4.78, 5) is 19.1. The average Bonchev–Trinajstić information content (AvgIpc) is 2.59. The van der Waals surface area contributed by atoms with Crippen molar-refractivity contribution in [3.63, 3.8) is 0 Å². The van der Waals surface area contributed by atoms with Gasteiger partial charge >= 0.3 is 6.09 Å². The van der Waals surface area contributed by atoms with Gasteiger partial charge in [0, 0.05) is 43.3 Å². The second kappa shape index (κ2) is 8.29. The predicted octanol–water partition coefficient (Wildman–Crippen LogP) is 3.32. The normalized spacial score (nSPS) is 14.8. The fraction of sp³-hybridized carbons (Fsp3) is 0.611. The highest BCUT2D eigenvalue weighted by atomic mass is 16.6. The van der Waals surface area contributed by atoms with Crippen molar-refractivity contribution < 1.29 is 9.53 Å². The molecule has 1 aromatic rings. The van der Waals surface area contributed by atoms with E-state index in [0.717, 1.165) is 35.5 Å². The number of carbonyl (C=O) groups excluding carboxylic acids is 1. The first-order valence-electron chi connectivity index (χ1n) is 8.81. The number of ether oxygens (including phenoxy) is 1. The molecule has 1 fully saturated rings. The molecule has 2 rings (SSSR count). The van der Waals surface area contributed by atoms with Gasteiger partial charge in [-0.2, -0.15) is 0 Å². The summed E-state index contributed by atoms with van der Waals surface area (Å²) < 4.78 is 5.45. The summed E-state index contributed by atoms with van der Waals surface area (Å²) >= 11 is 0. The fourth-order valence-electron chi connectivity index (χ4n) is 3.00. The molecule has 0 radical (unpaired) electrons. The molecule has 1 aromatic carbocycles. The minimum Gasteiger partial charge on any atom is -0.444 e. The number of azide groups is 1. The lowest BCUT2D eigenvalue weighted by atomic mass is 10.0. The lowest BCUT2D eigenvalue weighted by Gasteiger charge is -2.37. The zero-order valence-corrected chi connectivity index (χ0v) is 16.0. The van der Waals surface area contributed by atoms with Gasteiger partial charge in [0.15, 0.2) is 0 Å². The first-order valence-corrected chi connectivity index (χ1v) is 8.81. The molecule has 26 heavy (non-hydrogen) atoms. The Hall–Kier alpha value is -2.44. The van der Waals surface area contributed by atoms with Crippen LogP contribution in [0.2, 0.25) is 0 Å². The van der Waals surface area contributed by atoms with Crippen molar-refractivity contribution in [2.24, 2.45) is 10.8 Å². The van der Waals surface area contributed by atoms with E-state index in [9.17, 15) is 4.79 Å². The van der Waals surface area contributed by atoms with E-state index in [0.29, 0.717) is 26.2 Å². The molecule has 8 nitrogen and oxygen atoms in total. The largest absolute Gasteiger partial charge is 0.444 e. The van der Waals surface area contributed by atoms with Crippen LogP contribution in [-0.4, -0.2) is 42.8 Å². The molecule has 1 heterocycles. The molecule has 0 atom stereocenters. The third-order valence-corrected chi connectivity index (χ3v) is 4.36. The third kappa shape index (κ3) is 5.03. The summed E-state index contributed by atoms with van der Waals surface area (Å²) in [5.74, 6) is 0. The van der Waals surface area contributed by atoms with Gasteiger partial charge in [-0.05, 0) is 56.0 Å². The lowest BCUT2D eigenvalue weighted by Crippen LogP contribution is -2.50. The van der Waals surface area contributed by atoms with Crippen LogP contribution in [-0.2, 0) is 17.8 Å². The van der Waals surface area contributed by atoms with Crippen LogP contribution in [0.3, 0.4) is 0 Å². The number of nitrogens with zero attached hydrogens (tertiary/aromatic N) is 5. The zero-order valence-electron chi connectivity index (χ0n) is 16.0. The van der Waals surface area contributed by atoms with Crippen molar-refractivity contribution in [1.82, 2.24) is 4.90 Å². The SMILES string of the molecule is Cc1c(CN=[N+]=[N-])cc(CN)cc1N1CCN(C(=O)OC(C)(C)C)CC1. The molecule has 1 aliphatic heterocycles. The fourth-order valence-corrected chi connectivity index (χ4v) is 3.00. The predicted molar refractivity (Wildman–Crippen MR) is 102 cm³/mol. The van der Waals surface area contributed by atoms with Gasteiger partial charge in [0.05, 0.1) is 6.54 Å². The quantitative estimate of drug-likeness (QED) is 0.505. The highest BCUT2D eigenvalue weighted by molar-refractivity contribution is 5.69. The summed E-state index contributed by atoms with van der Waals surface area (Å²) in [6.07, 6.45) is -0.270. The van der Waals surface area contributed by atoms with E-state index in [1.54, 1.807) is 4.90 Å². The van der Waals surface area contributed by atoms with E-state index >= 15 is 0 Å². The Labute approximate surface area is 154 Å². The molecule has 0 saturated carbocycles. The van der Waals surface area contributed by atoms with Crippen LogP contribution in [0.25, 0.3) is 10.4 Å². The molecule has 8 heteroatoms. The van der Waals surface area contributed by atoms with E-state index < -0.39 is 5.60 Å². The van der Waals surface area contributed by atoms with Crippen molar-refractivity contribution in [3.05, 3.63) is 39.3 Å². The molecule has 1 aliphatic rings. The molecule has 2 N–H and O–H groups in total. The number of rotatable bonds is 4. The van der Waals surface area contributed by atoms with E-state index in [1.165, 1.54) is 0 Å². The topological polar surface area (TPSA) is 108 Å². The smallest absolute Gasteiger partial charge is 0.410 e. The number of hydrogen-bond donors (Lipinski definition) is 1. The molecule has 0 aromatic heterocycles. The Morgan fingerprint density at radius 1 is 1.31 bits per heavy atom. The third-order valence-electron chi connectivity index (χ3n) is 4.36. The van der Waals surface area contributed by atoms with Gasteiger partial charge in [-0.1, -0.05) is 11.2 Å². The van der Waals surface area contributed by atoms with Crippen LogP contribution in [0.5, 0.6) is 0 Å². The van der Waals surface area contributed by atoms with Crippen molar-refractivity contribution in [2.45, 2.75) is 46.4 Å². The molecule has 0 aliphatic carbocycles. The summed E-state index contributed by atoms with van der Waals surface area (Å²) in [5.41, 5.74) is 18.1. The van der Waals surface area contributed by atoms with Gasteiger partial charge in [-0.3, -0.25) is 0 Å². The van der Waals surface area contributed by atoms with Gasteiger partial charge in [0.1, 0.15) is 5.60 Å². The van der Waals surface area contributed by atoms with Crippen molar-refractivity contribution in [3.8, 4) is 0 Å². The molecule has 0 unspecified atom stereocenters. The van der Waals surface area contributed by atoms with Crippen molar-refractivity contribution in [1.29, 1.82) is 0 Å². The molecular weight excluding hydrogens is 332 g/mol.